The maximum Gasteiger partial charge on any atom is 0.254 e. The average Bonchev–Trinajstić information content (AvgIpc) is 2.94. The van der Waals surface area contributed by atoms with Crippen molar-refractivity contribution in [3.8, 4) is 11.1 Å². The van der Waals surface area contributed by atoms with Crippen molar-refractivity contribution in [2.75, 3.05) is 26.7 Å². The van der Waals surface area contributed by atoms with Crippen molar-refractivity contribution >= 4 is 11.8 Å². The largest absolute Gasteiger partial charge is 0.394 e. The molecule has 3 atom stereocenters. The van der Waals surface area contributed by atoms with Crippen LogP contribution in [0.1, 0.15) is 40.1 Å². The molecule has 7 heteroatoms. The van der Waals surface area contributed by atoms with Crippen LogP contribution in [0.25, 0.3) is 11.1 Å². The first kappa shape index (κ1) is 26.5. The first-order valence-corrected chi connectivity index (χ1v) is 12.5. The predicted octanol–water partition coefficient (Wildman–Crippen LogP) is 4.62. The van der Waals surface area contributed by atoms with Gasteiger partial charge < -0.3 is 19.6 Å². The molecule has 3 aromatic rings. The topological polar surface area (TPSA) is 70.1 Å². The van der Waals surface area contributed by atoms with Gasteiger partial charge in [-0.2, -0.15) is 0 Å². The van der Waals surface area contributed by atoms with Crippen molar-refractivity contribution in [2.24, 2.45) is 5.92 Å². The second-order valence-electron chi connectivity index (χ2n) is 9.71. The van der Waals surface area contributed by atoms with E-state index in [4.69, 9.17) is 4.74 Å². The number of fused-ring (bicyclic) bond motifs is 3. The smallest absolute Gasteiger partial charge is 0.254 e. The molecule has 194 valence electrons. The molecule has 1 heterocycles. The van der Waals surface area contributed by atoms with E-state index in [-0.39, 0.29) is 30.9 Å². The van der Waals surface area contributed by atoms with Gasteiger partial charge in [0.05, 0.1) is 25.4 Å². The minimum atomic E-state index is -0.404. The van der Waals surface area contributed by atoms with Crippen LogP contribution in [0.15, 0.2) is 72.8 Å². The highest BCUT2D eigenvalue weighted by Gasteiger charge is 2.31. The normalized spacial score (nSPS) is 18.8. The quantitative estimate of drug-likeness (QED) is 0.551. The summed E-state index contributed by atoms with van der Waals surface area (Å²) in [5.74, 6) is -0.953. The van der Waals surface area contributed by atoms with Gasteiger partial charge in [-0.25, -0.2) is 4.39 Å². The van der Waals surface area contributed by atoms with Crippen molar-refractivity contribution in [1.29, 1.82) is 0 Å². The number of benzene rings is 3. The van der Waals surface area contributed by atoms with E-state index in [1.54, 1.807) is 16.8 Å². The fourth-order valence-corrected chi connectivity index (χ4v) is 4.72. The number of ether oxygens (including phenoxy) is 1. The van der Waals surface area contributed by atoms with Crippen molar-refractivity contribution in [1.82, 2.24) is 9.80 Å². The molecule has 4 rings (SSSR count). The summed E-state index contributed by atoms with van der Waals surface area (Å²) >= 11 is 0. The zero-order valence-corrected chi connectivity index (χ0v) is 21.4. The molecule has 37 heavy (non-hydrogen) atoms. The molecule has 0 saturated heterocycles. The lowest BCUT2D eigenvalue weighted by Crippen LogP contribution is -2.47. The molecular weight excluding hydrogens is 471 g/mol. The first-order chi connectivity index (χ1) is 17.8. The standard InChI is InChI=1S/C30H33FN2O4/c1-20-16-33(21(2)18-34)30(36)27-11-7-6-10-26(27)25-9-5-4-8-23(25)19-37-28(20)17-32(3)29(35)22-12-14-24(31)15-13-22/h4-15,20-21,28,34H,16-19H2,1-3H3/t20-,21+,28+/m1/s1. The van der Waals surface area contributed by atoms with Gasteiger partial charge >= 0.3 is 0 Å². The summed E-state index contributed by atoms with van der Waals surface area (Å²) < 4.78 is 19.8. The highest BCUT2D eigenvalue weighted by Crippen LogP contribution is 2.31. The van der Waals surface area contributed by atoms with Crippen LogP contribution in [0.5, 0.6) is 0 Å². The minimum absolute atomic E-state index is 0.154. The summed E-state index contributed by atoms with van der Waals surface area (Å²) in [6.07, 6.45) is -0.398. The van der Waals surface area contributed by atoms with Crippen LogP contribution >= 0.6 is 0 Å². The van der Waals surface area contributed by atoms with Gasteiger partial charge in [0.1, 0.15) is 5.82 Å². The molecule has 1 aliphatic heterocycles. The van der Waals surface area contributed by atoms with Crippen LogP contribution in [-0.2, 0) is 11.3 Å². The fourth-order valence-electron chi connectivity index (χ4n) is 4.72. The molecule has 1 aliphatic rings. The molecule has 0 saturated carbocycles. The SMILES string of the molecule is C[C@@H]1CN([C@@H](C)CO)C(=O)c2ccccc2-c2ccccc2CO[C@H]1CN(C)C(=O)c1ccc(F)cc1. The molecular formula is C30H33FN2O4. The van der Waals surface area contributed by atoms with Gasteiger partial charge in [0.2, 0.25) is 0 Å². The molecule has 6 nitrogen and oxygen atoms in total. The number of likely N-dealkylation sites (N-methyl/N-ethyl adjacent to an activating group) is 1. The van der Waals surface area contributed by atoms with Gasteiger partial charge in [-0.3, -0.25) is 9.59 Å². The Bertz CT molecular complexity index is 1250. The van der Waals surface area contributed by atoms with E-state index in [0.717, 1.165) is 16.7 Å². The molecule has 0 fully saturated rings. The number of carbonyl (C=O) groups is 2. The van der Waals surface area contributed by atoms with Gasteiger partial charge in [-0.15, -0.1) is 0 Å². The van der Waals surface area contributed by atoms with Crippen molar-refractivity contribution in [2.45, 2.75) is 32.6 Å². The molecule has 2 amide bonds. The van der Waals surface area contributed by atoms with E-state index < -0.39 is 18.0 Å². The average molecular weight is 505 g/mol. The van der Waals surface area contributed by atoms with Crippen molar-refractivity contribution in [3.63, 3.8) is 0 Å². The van der Waals surface area contributed by atoms with E-state index in [1.165, 1.54) is 24.3 Å². The lowest BCUT2D eigenvalue weighted by molar-refractivity contribution is -0.0209. The Labute approximate surface area is 217 Å². The summed E-state index contributed by atoms with van der Waals surface area (Å²) in [6, 6.07) is 20.4. The Kier molecular flexibility index (Phi) is 8.36. The second kappa shape index (κ2) is 11.7. The van der Waals surface area contributed by atoms with Crippen molar-refractivity contribution < 1.29 is 23.8 Å². The Balaban J connectivity index is 1.69. The lowest BCUT2D eigenvalue weighted by Gasteiger charge is -2.35. The molecule has 0 bridgehead atoms. The molecule has 0 radical (unpaired) electrons. The van der Waals surface area contributed by atoms with Crippen LogP contribution in [0.2, 0.25) is 0 Å². The van der Waals surface area contributed by atoms with E-state index in [1.807, 2.05) is 62.4 Å². The third-order valence-electron chi connectivity index (χ3n) is 6.99. The number of nitrogens with zero attached hydrogens (tertiary/aromatic N) is 2. The predicted molar refractivity (Wildman–Crippen MR) is 141 cm³/mol. The van der Waals surface area contributed by atoms with Gasteiger partial charge in [-0.1, -0.05) is 49.4 Å². The van der Waals surface area contributed by atoms with E-state index in [0.29, 0.717) is 24.3 Å². The number of hydrogen-bond acceptors (Lipinski definition) is 4. The maximum absolute atomic E-state index is 13.9. The van der Waals surface area contributed by atoms with Gasteiger partial charge in [0.25, 0.3) is 11.8 Å². The summed E-state index contributed by atoms with van der Waals surface area (Å²) in [7, 11) is 1.69. The number of aliphatic hydroxyl groups is 1. The third kappa shape index (κ3) is 5.89. The zero-order chi connectivity index (χ0) is 26.5. The maximum atomic E-state index is 13.9. The lowest BCUT2D eigenvalue weighted by atomic mass is 9.94. The highest BCUT2D eigenvalue weighted by atomic mass is 19.1. The van der Waals surface area contributed by atoms with Crippen LogP contribution < -0.4 is 0 Å². The van der Waals surface area contributed by atoms with Crippen LogP contribution in [0.3, 0.4) is 0 Å². The van der Waals surface area contributed by atoms with E-state index in [9.17, 15) is 19.1 Å². The van der Waals surface area contributed by atoms with Gasteiger partial charge in [0, 0.05) is 37.2 Å². The summed E-state index contributed by atoms with van der Waals surface area (Å²) in [5, 5.41) is 9.97. The number of aliphatic hydroxyl groups excluding tert-OH is 1. The summed E-state index contributed by atoms with van der Waals surface area (Å²) in [4.78, 5) is 30.1. The van der Waals surface area contributed by atoms with Gasteiger partial charge in [-0.05, 0) is 53.9 Å². The number of halogens is 1. The van der Waals surface area contributed by atoms with Crippen LogP contribution in [0.4, 0.5) is 4.39 Å². The number of hydrogen-bond donors (Lipinski definition) is 1. The number of carbonyl (C=O) groups excluding carboxylic acids is 2. The molecule has 1 N–H and O–H groups in total. The zero-order valence-electron chi connectivity index (χ0n) is 21.4. The first-order valence-electron chi connectivity index (χ1n) is 12.5. The molecule has 0 spiro atoms. The van der Waals surface area contributed by atoms with E-state index >= 15 is 0 Å². The molecule has 3 aromatic carbocycles. The number of rotatable bonds is 5. The molecule has 0 unspecified atom stereocenters. The van der Waals surface area contributed by atoms with Crippen LogP contribution in [0, 0.1) is 11.7 Å². The van der Waals surface area contributed by atoms with E-state index in [2.05, 4.69) is 0 Å². The summed E-state index contributed by atoms with van der Waals surface area (Å²) in [5.41, 5.74) is 3.63. The Morgan fingerprint density at radius 1 is 1.05 bits per heavy atom. The highest BCUT2D eigenvalue weighted by molar-refractivity contribution is 6.01. The Morgan fingerprint density at radius 2 is 1.68 bits per heavy atom. The van der Waals surface area contributed by atoms with Crippen molar-refractivity contribution in [3.05, 3.63) is 95.3 Å². The molecule has 0 aliphatic carbocycles. The summed E-state index contributed by atoms with van der Waals surface area (Å²) in [6.45, 7) is 4.56. The Morgan fingerprint density at radius 3 is 2.35 bits per heavy atom. The second-order valence-corrected chi connectivity index (χ2v) is 9.71. The van der Waals surface area contributed by atoms with Gasteiger partial charge in [0.15, 0.2) is 0 Å². The molecule has 0 aromatic heterocycles. The Hall–Kier alpha value is -3.55. The van der Waals surface area contributed by atoms with Crippen LogP contribution in [-0.4, -0.2) is 65.6 Å². The minimum Gasteiger partial charge on any atom is -0.394 e. The number of amides is 2. The monoisotopic (exact) mass is 504 g/mol. The fraction of sp³-hybridized carbons (Fsp3) is 0.333. The third-order valence-corrected chi connectivity index (χ3v) is 6.99.